The summed E-state index contributed by atoms with van der Waals surface area (Å²) in [6.45, 7) is 2.29. The number of hydrogen-bond acceptors (Lipinski definition) is 3. The fraction of sp³-hybridized carbons (Fsp3) is 0.286. The van der Waals surface area contributed by atoms with Crippen LogP contribution in [0.4, 0.5) is 0 Å². The molecule has 5 nitrogen and oxygen atoms in total. The van der Waals surface area contributed by atoms with Gasteiger partial charge in [-0.3, -0.25) is 4.79 Å². The van der Waals surface area contributed by atoms with E-state index >= 15 is 0 Å². The van der Waals surface area contributed by atoms with E-state index in [4.69, 9.17) is 28.9 Å². The third-order valence-electron chi connectivity index (χ3n) is 3.31. The number of carbonyl (C=O) groups is 1. The summed E-state index contributed by atoms with van der Waals surface area (Å²) in [6.07, 6.45) is 3.14. The molecule has 22 heavy (non-hydrogen) atoms. The molecule has 2 aromatic rings. The average Bonchev–Trinajstić information content (AvgIpc) is 2.94. The van der Waals surface area contributed by atoms with Crippen molar-refractivity contribution >= 4 is 41.5 Å². The predicted molar refractivity (Wildman–Crippen MR) is 91.4 cm³/mol. The van der Waals surface area contributed by atoms with Gasteiger partial charge in [-0.2, -0.15) is 5.10 Å². The van der Waals surface area contributed by atoms with Crippen molar-refractivity contribution in [3.8, 4) is 5.69 Å². The van der Waals surface area contributed by atoms with E-state index < -0.39 is 0 Å². The van der Waals surface area contributed by atoms with E-state index in [1.54, 1.807) is 41.0 Å². The standard InChI is InChI=1S/C14H16Cl2N4O.ClH/c1-9(6-17)19(2)14(21)10-7-18-20(8-10)13-4-3-11(15)5-12(13)16;/h3-5,7-9H,6,17H2,1-2H3;1H. The van der Waals surface area contributed by atoms with Crippen molar-refractivity contribution < 1.29 is 4.79 Å². The summed E-state index contributed by atoms with van der Waals surface area (Å²) < 4.78 is 1.55. The summed E-state index contributed by atoms with van der Waals surface area (Å²) in [5.41, 5.74) is 6.71. The highest BCUT2D eigenvalue weighted by molar-refractivity contribution is 6.35. The first-order chi connectivity index (χ1) is 9.93. The molecule has 2 N–H and O–H groups in total. The molecular weight excluding hydrogens is 347 g/mol. The number of rotatable bonds is 4. The highest BCUT2D eigenvalue weighted by atomic mass is 35.5. The van der Waals surface area contributed by atoms with Crippen molar-refractivity contribution in [2.24, 2.45) is 5.73 Å². The topological polar surface area (TPSA) is 64.2 Å². The molecule has 1 unspecified atom stereocenters. The number of carbonyl (C=O) groups excluding carboxylic acids is 1. The molecule has 0 saturated carbocycles. The van der Waals surface area contributed by atoms with Crippen LogP contribution in [0.3, 0.4) is 0 Å². The Hall–Kier alpha value is -1.27. The molecule has 1 amide bonds. The van der Waals surface area contributed by atoms with E-state index in [9.17, 15) is 4.79 Å². The van der Waals surface area contributed by atoms with Gasteiger partial charge in [0.1, 0.15) is 0 Å². The van der Waals surface area contributed by atoms with Gasteiger partial charge in [0, 0.05) is 30.9 Å². The third-order valence-corrected chi connectivity index (χ3v) is 3.85. The van der Waals surface area contributed by atoms with Gasteiger partial charge in [-0.05, 0) is 25.1 Å². The number of amides is 1. The van der Waals surface area contributed by atoms with Crippen LogP contribution in [-0.4, -0.2) is 40.2 Å². The summed E-state index contributed by atoms with van der Waals surface area (Å²) in [5, 5.41) is 5.19. The van der Waals surface area contributed by atoms with Gasteiger partial charge in [0.25, 0.3) is 5.91 Å². The Morgan fingerprint density at radius 3 is 2.73 bits per heavy atom. The van der Waals surface area contributed by atoms with Gasteiger partial charge in [-0.1, -0.05) is 23.2 Å². The Kier molecular flexibility index (Phi) is 6.68. The number of benzene rings is 1. The number of hydrogen-bond donors (Lipinski definition) is 1. The average molecular weight is 364 g/mol. The minimum absolute atomic E-state index is 0. The van der Waals surface area contributed by atoms with Crippen LogP contribution in [0.15, 0.2) is 30.6 Å². The van der Waals surface area contributed by atoms with Gasteiger partial charge in [-0.25, -0.2) is 4.68 Å². The molecule has 2 rings (SSSR count). The first-order valence-corrected chi connectivity index (χ1v) is 7.17. The molecule has 1 aromatic carbocycles. The Morgan fingerprint density at radius 2 is 2.14 bits per heavy atom. The normalized spacial score (nSPS) is 11.7. The molecule has 0 radical (unpaired) electrons. The lowest BCUT2D eigenvalue weighted by Gasteiger charge is -2.22. The molecular formula is C14H17Cl3N4O. The number of aromatic nitrogens is 2. The first kappa shape index (κ1) is 18.8. The van der Waals surface area contributed by atoms with Crippen molar-refractivity contribution in [1.82, 2.24) is 14.7 Å². The Balaban J connectivity index is 0.00000242. The molecule has 0 aliphatic heterocycles. The summed E-state index contributed by atoms with van der Waals surface area (Å²) in [6, 6.07) is 5.05. The number of likely N-dealkylation sites (N-methyl/N-ethyl adjacent to an activating group) is 1. The maximum atomic E-state index is 12.3. The van der Waals surface area contributed by atoms with Crippen LogP contribution >= 0.6 is 35.6 Å². The second-order valence-corrected chi connectivity index (χ2v) is 5.61. The van der Waals surface area contributed by atoms with Crippen LogP contribution in [0, 0.1) is 0 Å². The monoisotopic (exact) mass is 362 g/mol. The molecule has 0 fully saturated rings. The fourth-order valence-corrected chi connectivity index (χ4v) is 2.29. The van der Waals surface area contributed by atoms with Gasteiger partial charge in [0.2, 0.25) is 0 Å². The predicted octanol–water partition coefficient (Wildman–Crippen LogP) is 3.02. The quantitative estimate of drug-likeness (QED) is 0.908. The van der Waals surface area contributed by atoms with Gasteiger partial charge >= 0.3 is 0 Å². The molecule has 1 atom stereocenters. The van der Waals surface area contributed by atoms with Gasteiger partial charge in [0.15, 0.2) is 0 Å². The van der Waals surface area contributed by atoms with E-state index in [2.05, 4.69) is 5.10 Å². The van der Waals surface area contributed by atoms with Gasteiger partial charge < -0.3 is 10.6 Å². The number of nitrogens with zero attached hydrogens (tertiary/aromatic N) is 3. The summed E-state index contributed by atoms with van der Waals surface area (Å²) in [7, 11) is 1.71. The molecule has 1 aromatic heterocycles. The first-order valence-electron chi connectivity index (χ1n) is 6.41. The molecule has 1 heterocycles. The molecule has 0 aliphatic rings. The van der Waals surface area contributed by atoms with Crippen molar-refractivity contribution in [3.05, 3.63) is 46.2 Å². The fourth-order valence-electron chi connectivity index (χ4n) is 1.79. The maximum absolute atomic E-state index is 12.3. The van der Waals surface area contributed by atoms with Crippen molar-refractivity contribution in [2.45, 2.75) is 13.0 Å². The smallest absolute Gasteiger partial charge is 0.257 e. The van der Waals surface area contributed by atoms with Crippen LogP contribution in [-0.2, 0) is 0 Å². The van der Waals surface area contributed by atoms with Crippen LogP contribution in [0.2, 0.25) is 10.0 Å². The molecule has 120 valence electrons. The lowest BCUT2D eigenvalue weighted by molar-refractivity contribution is 0.0748. The minimum atomic E-state index is -0.135. The van der Waals surface area contributed by atoms with E-state index in [0.29, 0.717) is 27.8 Å². The largest absolute Gasteiger partial charge is 0.338 e. The molecule has 0 spiro atoms. The Labute approximate surface area is 145 Å². The van der Waals surface area contributed by atoms with Crippen molar-refractivity contribution in [1.29, 1.82) is 0 Å². The minimum Gasteiger partial charge on any atom is -0.338 e. The zero-order chi connectivity index (χ0) is 15.6. The number of nitrogens with two attached hydrogens (primary N) is 1. The highest BCUT2D eigenvalue weighted by Crippen LogP contribution is 2.24. The SMILES string of the molecule is CC(CN)N(C)C(=O)c1cnn(-c2ccc(Cl)cc2Cl)c1.Cl. The molecule has 0 bridgehead atoms. The molecule has 8 heteroatoms. The second-order valence-electron chi connectivity index (χ2n) is 4.77. The Morgan fingerprint density at radius 1 is 1.45 bits per heavy atom. The summed E-state index contributed by atoms with van der Waals surface area (Å²) in [5.74, 6) is -0.135. The van der Waals surface area contributed by atoms with E-state index in [-0.39, 0.29) is 24.4 Å². The van der Waals surface area contributed by atoms with Gasteiger partial charge in [-0.15, -0.1) is 12.4 Å². The van der Waals surface area contributed by atoms with E-state index in [1.807, 2.05) is 6.92 Å². The molecule has 0 aliphatic carbocycles. The zero-order valence-electron chi connectivity index (χ0n) is 12.2. The summed E-state index contributed by atoms with van der Waals surface area (Å²) in [4.78, 5) is 13.9. The number of halogens is 3. The van der Waals surface area contributed by atoms with Crippen molar-refractivity contribution in [3.63, 3.8) is 0 Å². The molecule has 0 saturated heterocycles. The Bertz CT molecular complexity index is 659. The lowest BCUT2D eigenvalue weighted by Crippen LogP contribution is -2.39. The lowest BCUT2D eigenvalue weighted by atomic mass is 10.2. The maximum Gasteiger partial charge on any atom is 0.257 e. The van der Waals surface area contributed by atoms with Crippen LogP contribution in [0.25, 0.3) is 5.69 Å². The zero-order valence-corrected chi connectivity index (χ0v) is 14.5. The third kappa shape index (κ3) is 3.93. The van der Waals surface area contributed by atoms with Crippen LogP contribution in [0.1, 0.15) is 17.3 Å². The van der Waals surface area contributed by atoms with Crippen LogP contribution in [0.5, 0.6) is 0 Å². The second kappa shape index (κ2) is 7.83. The van der Waals surface area contributed by atoms with E-state index in [0.717, 1.165) is 0 Å². The van der Waals surface area contributed by atoms with E-state index in [1.165, 1.54) is 6.20 Å². The van der Waals surface area contributed by atoms with Crippen LogP contribution < -0.4 is 5.73 Å². The van der Waals surface area contributed by atoms with Gasteiger partial charge in [0.05, 0.1) is 22.5 Å². The highest BCUT2D eigenvalue weighted by Gasteiger charge is 2.18. The summed E-state index contributed by atoms with van der Waals surface area (Å²) >= 11 is 12.0. The van der Waals surface area contributed by atoms with Crippen molar-refractivity contribution in [2.75, 3.05) is 13.6 Å².